The topological polar surface area (TPSA) is 69.7 Å². The Morgan fingerprint density at radius 3 is 2.34 bits per heavy atom. The molecule has 192 valence electrons. The quantitative estimate of drug-likeness (QED) is 0.503. The summed E-state index contributed by atoms with van der Waals surface area (Å²) in [5.41, 5.74) is 1.55. The van der Waals surface area contributed by atoms with Crippen molar-refractivity contribution in [2.75, 3.05) is 5.32 Å². The van der Waals surface area contributed by atoms with Crippen molar-refractivity contribution in [1.29, 1.82) is 0 Å². The van der Waals surface area contributed by atoms with Crippen LogP contribution < -0.4 is 5.32 Å². The van der Waals surface area contributed by atoms with Gasteiger partial charge in [-0.2, -0.15) is 13.2 Å². The van der Waals surface area contributed by atoms with Gasteiger partial charge < -0.3 is 10.2 Å². The van der Waals surface area contributed by atoms with Crippen molar-refractivity contribution in [3.8, 4) is 0 Å². The summed E-state index contributed by atoms with van der Waals surface area (Å²) in [5, 5.41) is 2.57. The van der Waals surface area contributed by atoms with Gasteiger partial charge in [0.1, 0.15) is 6.04 Å². The highest BCUT2D eigenvalue weighted by atomic mass is 19.4. The predicted molar refractivity (Wildman–Crippen MR) is 133 cm³/mol. The number of hydrogen-bond donors (Lipinski definition) is 1. The first-order valence-electron chi connectivity index (χ1n) is 12.2. The molecule has 4 atom stereocenters. The second-order valence-corrected chi connectivity index (χ2v) is 9.65. The Bertz CT molecular complexity index is 1470. The van der Waals surface area contributed by atoms with Gasteiger partial charge >= 0.3 is 6.18 Å². The van der Waals surface area contributed by atoms with E-state index in [1.54, 1.807) is 11.1 Å². The Morgan fingerprint density at radius 1 is 0.868 bits per heavy atom. The summed E-state index contributed by atoms with van der Waals surface area (Å²) in [6, 6.07) is 19.3. The molecule has 3 aliphatic rings. The Labute approximate surface area is 216 Å². The van der Waals surface area contributed by atoms with Crippen LogP contribution in [0, 0.1) is 11.8 Å². The van der Waals surface area contributed by atoms with Gasteiger partial charge in [-0.15, -0.1) is 0 Å². The average molecular weight is 518 g/mol. The molecular formula is C29H22F3N3O3. The number of halogens is 3. The fraction of sp³-hybridized carbons (Fsp3) is 0.207. The maximum Gasteiger partial charge on any atom is 0.416 e. The normalized spacial score (nSPS) is 23.8. The average Bonchev–Trinajstić information content (AvgIpc) is 3.37. The molecule has 0 bridgehead atoms. The van der Waals surface area contributed by atoms with Crippen molar-refractivity contribution in [3.05, 3.63) is 107 Å². The molecule has 0 aliphatic carbocycles. The highest BCUT2D eigenvalue weighted by Gasteiger charge is 2.64. The minimum absolute atomic E-state index is 0.0378. The van der Waals surface area contributed by atoms with Gasteiger partial charge in [-0.1, -0.05) is 60.7 Å². The van der Waals surface area contributed by atoms with Crippen LogP contribution in [0.3, 0.4) is 0 Å². The lowest BCUT2D eigenvalue weighted by molar-refractivity contribution is -0.143. The molecule has 1 N–H and O–H groups in total. The number of rotatable bonds is 4. The van der Waals surface area contributed by atoms with E-state index in [1.165, 1.54) is 17.0 Å². The van der Waals surface area contributed by atoms with Gasteiger partial charge in [-0.05, 0) is 41.0 Å². The smallest absolute Gasteiger partial charge is 0.357 e. The van der Waals surface area contributed by atoms with Gasteiger partial charge in [-0.3, -0.25) is 19.3 Å². The number of imide groups is 1. The second-order valence-electron chi connectivity index (χ2n) is 9.65. The monoisotopic (exact) mass is 517 g/mol. The van der Waals surface area contributed by atoms with Gasteiger partial charge in [0, 0.05) is 11.9 Å². The van der Waals surface area contributed by atoms with Crippen molar-refractivity contribution in [3.63, 3.8) is 0 Å². The van der Waals surface area contributed by atoms with E-state index in [1.807, 2.05) is 60.7 Å². The number of carbonyl (C=O) groups excluding carboxylic acids is 3. The summed E-state index contributed by atoms with van der Waals surface area (Å²) < 4.78 is 39.7. The lowest BCUT2D eigenvalue weighted by Crippen LogP contribution is -2.46. The molecule has 0 unspecified atom stereocenters. The first kappa shape index (κ1) is 24.0. The van der Waals surface area contributed by atoms with Crippen LogP contribution in [-0.2, 0) is 27.1 Å². The van der Waals surface area contributed by atoms with Gasteiger partial charge in [0.2, 0.25) is 17.7 Å². The molecule has 9 heteroatoms. The zero-order chi connectivity index (χ0) is 26.6. The third kappa shape index (κ3) is 3.86. The van der Waals surface area contributed by atoms with Gasteiger partial charge in [0.05, 0.1) is 30.0 Å². The Morgan fingerprint density at radius 2 is 1.58 bits per heavy atom. The summed E-state index contributed by atoms with van der Waals surface area (Å²) in [5.74, 6) is -3.27. The van der Waals surface area contributed by atoms with Crippen molar-refractivity contribution in [2.24, 2.45) is 11.8 Å². The van der Waals surface area contributed by atoms with Crippen LogP contribution in [0.5, 0.6) is 0 Å². The van der Waals surface area contributed by atoms with E-state index < -0.39 is 47.5 Å². The first-order chi connectivity index (χ1) is 18.2. The highest BCUT2D eigenvalue weighted by Crippen LogP contribution is 2.52. The summed E-state index contributed by atoms with van der Waals surface area (Å²) in [4.78, 5) is 44.0. The highest BCUT2D eigenvalue weighted by molar-refractivity contribution is 6.10. The van der Waals surface area contributed by atoms with E-state index in [0.29, 0.717) is 0 Å². The first-order valence-corrected chi connectivity index (χ1v) is 12.2. The minimum atomic E-state index is -4.57. The van der Waals surface area contributed by atoms with Gasteiger partial charge in [-0.25, -0.2) is 0 Å². The summed E-state index contributed by atoms with van der Waals surface area (Å²) >= 11 is 0. The van der Waals surface area contributed by atoms with Gasteiger partial charge in [0.25, 0.3) is 0 Å². The summed E-state index contributed by atoms with van der Waals surface area (Å²) in [6.07, 6.45) is -1.06. The number of nitrogens with zero attached hydrogens (tertiary/aromatic N) is 2. The lowest BCUT2D eigenvalue weighted by atomic mass is 9.84. The van der Waals surface area contributed by atoms with Crippen LogP contribution in [0.2, 0.25) is 0 Å². The molecule has 3 amide bonds. The zero-order valence-corrected chi connectivity index (χ0v) is 19.9. The van der Waals surface area contributed by atoms with Crippen molar-refractivity contribution >= 4 is 29.5 Å². The van der Waals surface area contributed by atoms with Crippen LogP contribution in [0.25, 0.3) is 6.08 Å². The Hall–Kier alpha value is -4.40. The van der Waals surface area contributed by atoms with Crippen LogP contribution in [0.4, 0.5) is 18.9 Å². The molecule has 3 aromatic carbocycles. The van der Waals surface area contributed by atoms with Crippen molar-refractivity contribution < 1.29 is 27.6 Å². The number of benzene rings is 3. The van der Waals surface area contributed by atoms with E-state index >= 15 is 0 Å². The van der Waals surface area contributed by atoms with Crippen LogP contribution in [-0.4, -0.2) is 33.6 Å². The number of nitrogens with one attached hydrogen (secondary N) is 1. The fourth-order valence-corrected chi connectivity index (χ4v) is 5.83. The predicted octanol–water partition coefficient (Wildman–Crippen LogP) is 4.86. The van der Waals surface area contributed by atoms with E-state index in [9.17, 15) is 27.6 Å². The summed E-state index contributed by atoms with van der Waals surface area (Å²) in [6.45, 7) is 0.0810. The molecular weight excluding hydrogens is 495 g/mol. The van der Waals surface area contributed by atoms with Crippen molar-refractivity contribution in [2.45, 2.75) is 24.8 Å². The van der Waals surface area contributed by atoms with Crippen molar-refractivity contribution in [1.82, 2.24) is 9.80 Å². The van der Waals surface area contributed by atoms with Crippen LogP contribution >= 0.6 is 0 Å². The number of fused-ring (bicyclic) bond motifs is 5. The Balaban J connectivity index is 1.38. The standard InChI is InChI=1S/C29H22F3N3O3/c30-29(31,32)19-10-6-11-20(15-19)33-26(36)25-23-22(24-21-12-5-4-9-18(21)13-14-34(24)25)27(37)35(28(23)38)16-17-7-2-1-3-8-17/h1-15,22-25H,16H2,(H,33,36)/t22-,23+,24+,25-/m0/s1. The maximum absolute atomic E-state index is 13.7. The minimum Gasteiger partial charge on any atom is -0.357 e. The number of amides is 3. The Kier molecular flexibility index (Phi) is 5.59. The van der Waals surface area contributed by atoms with E-state index in [-0.39, 0.29) is 18.1 Å². The molecule has 0 radical (unpaired) electrons. The number of hydrogen-bond acceptors (Lipinski definition) is 4. The molecule has 3 aromatic rings. The molecule has 3 aliphatic heterocycles. The van der Waals surface area contributed by atoms with Crippen LogP contribution in [0.1, 0.15) is 28.3 Å². The molecule has 0 saturated carbocycles. The van der Waals surface area contributed by atoms with Crippen LogP contribution in [0.15, 0.2) is 85.1 Å². The second kappa shape index (κ2) is 8.86. The third-order valence-corrected chi connectivity index (χ3v) is 7.46. The van der Waals surface area contributed by atoms with Gasteiger partial charge in [0.15, 0.2) is 0 Å². The zero-order valence-electron chi connectivity index (χ0n) is 19.9. The molecule has 3 heterocycles. The van der Waals surface area contributed by atoms with E-state index in [2.05, 4.69) is 5.32 Å². The molecule has 0 spiro atoms. The van der Waals surface area contributed by atoms with E-state index in [4.69, 9.17) is 0 Å². The summed E-state index contributed by atoms with van der Waals surface area (Å²) in [7, 11) is 0. The third-order valence-electron chi connectivity index (χ3n) is 7.46. The number of carbonyl (C=O) groups is 3. The molecule has 6 rings (SSSR count). The molecule has 0 aromatic heterocycles. The fourth-order valence-electron chi connectivity index (χ4n) is 5.83. The lowest BCUT2D eigenvalue weighted by Gasteiger charge is -2.35. The number of likely N-dealkylation sites (tertiary alicyclic amines) is 1. The molecule has 2 saturated heterocycles. The maximum atomic E-state index is 13.7. The largest absolute Gasteiger partial charge is 0.416 e. The molecule has 2 fully saturated rings. The van der Waals surface area contributed by atoms with E-state index in [0.717, 1.165) is 28.8 Å². The molecule has 6 nitrogen and oxygen atoms in total. The number of anilines is 1. The molecule has 38 heavy (non-hydrogen) atoms. The number of alkyl halides is 3. The SMILES string of the molecule is O=C(Nc1cccc(C(F)(F)F)c1)[C@@H]1[C@@H]2C(=O)N(Cc3ccccc3)C(=O)[C@@H]2[C@H]2c3ccccc3C=CN12.